The summed E-state index contributed by atoms with van der Waals surface area (Å²) in [5.41, 5.74) is -0.100. The van der Waals surface area contributed by atoms with Gasteiger partial charge >= 0.3 is 12.1 Å². The summed E-state index contributed by atoms with van der Waals surface area (Å²) in [7, 11) is 0. The van der Waals surface area contributed by atoms with Gasteiger partial charge in [0.1, 0.15) is 11.6 Å². The average Bonchev–Trinajstić information content (AvgIpc) is 2.77. The van der Waals surface area contributed by atoms with E-state index in [1.807, 2.05) is 0 Å². The number of carboxylic acids is 1. The van der Waals surface area contributed by atoms with Gasteiger partial charge in [-0.25, -0.2) is 9.18 Å². The number of fused-ring (bicyclic) bond motifs is 1. The summed E-state index contributed by atoms with van der Waals surface area (Å²) in [6.07, 6.45) is -4.73. The Morgan fingerprint density at radius 3 is 2.45 bits per heavy atom. The number of hydrogen-bond acceptors (Lipinski definition) is 3. The van der Waals surface area contributed by atoms with Gasteiger partial charge in [0, 0.05) is 16.1 Å². The number of carbonyl (C=O) groups is 2. The number of carboxylic acid groups (broad SMARTS) is 1. The number of halogens is 5. The summed E-state index contributed by atoms with van der Waals surface area (Å²) in [6.45, 7) is -0.223. The lowest BCUT2D eigenvalue weighted by Gasteiger charge is -2.29. The summed E-state index contributed by atoms with van der Waals surface area (Å²) in [5, 5.41) is 9.54. The van der Waals surface area contributed by atoms with E-state index in [9.17, 15) is 32.3 Å². The number of benzene rings is 3. The average molecular weight is 480 g/mol. The molecule has 1 aliphatic heterocycles. The highest BCUT2D eigenvalue weighted by Gasteiger charge is 2.33. The highest BCUT2D eigenvalue weighted by Crippen LogP contribution is 2.35. The van der Waals surface area contributed by atoms with Crippen LogP contribution >= 0.6 is 11.6 Å². The number of aromatic carboxylic acids is 1. The third-order valence-corrected chi connectivity index (χ3v) is 5.47. The van der Waals surface area contributed by atoms with Gasteiger partial charge in [0.25, 0.3) is 5.91 Å². The van der Waals surface area contributed by atoms with Crippen molar-refractivity contribution in [3.63, 3.8) is 0 Å². The number of nitrogens with zero attached hydrogens (tertiary/aromatic N) is 1. The van der Waals surface area contributed by atoms with Crippen LogP contribution in [-0.4, -0.2) is 28.6 Å². The lowest BCUT2D eigenvalue weighted by atomic mass is 9.99. The maximum Gasteiger partial charge on any atom is 0.416 e. The maximum atomic E-state index is 14.3. The fourth-order valence-corrected chi connectivity index (χ4v) is 3.68. The predicted molar refractivity (Wildman–Crippen MR) is 111 cm³/mol. The minimum Gasteiger partial charge on any atom is -0.478 e. The summed E-state index contributed by atoms with van der Waals surface area (Å²) in [6, 6.07) is 10.9. The largest absolute Gasteiger partial charge is 0.478 e. The Bertz CT molecular complexity index is 1280. The third-order valence-electron chi connectivity index (χ3n) is 5.14. The minimum atomic E-state index is -4.73. The summed E-state index contributed by atoms with van der Waals surface area (Å²) < 4.78 is 58.1. The van der Waals surface area contributed by atoms with Gasteiger partial charge in [0.15, 0.2) is 6.73 Å². The molecular formula is C23H14ClF4NO4. The van der Waals surface area contributed by atoms with Crippen LogP contribution in [0.5, 0.6) is 5.75 Å². The Morgan fingerprint density at radius 1 is 1.03 bits per heavy atom. The first-order chi connectivity index (χ1) is 15.5. The predicted octanol–water partition coefficient (Wildman–Crippen LogP) is 5.86. The third kappa shape index (κ3) is 4.49. The molecule has 1 N–H and O–H groups in total. The Hall–Kier alpha value is -3.59. The van der Waals surface area contributed by atoms with Crippen molar-refractivity contribution in [2.24, 2.45) is 0 Å². The second-order valence-corrected chi connectivity index (χ2v) is 7.70. The van der Waals surface area contributed by atoms with Crippen molar-refractivity contribution in [2.45, 2.75) is 12.7 Å². The van der Waals surface area contributed by atoms with E-state index in [0.29, 0.717) is 33.5 Å². The van der Waals surface area contributed by atoms with E-state index in [0.717, 1.165) is 11.0 Å². The van der Waals surface area contributed by atoms with E-state index in [1.54, 1.807) is 18.2 Å². The quantitative estimate of drug-likeness (QED) is 0.478. The monoisotopic (exact) mass is 479 g/mol. The number of amides is 1. The number of ether oxygens (including phenoxy) is 1. The van der Waals surface area contributed by atoms with Gasteiger partial charge in [-0.05, 0) is 54.1 Å². The Kier molecular flexibility index (Phi) is 5.75. The van der Waals surface area contributed by atoms with Crippen molar-refractivity contribution in [3.8, 4) is 16.9 Å². The molecule has 1 amide bonds. The molecule has 170 valence electrons. The zero-order valence-corrected chi connectivity index (χ0v) is 17.4. The molecule has 5 nitrogen and oxygen atoms in total. The molecular weight excluding hydrogens is 466 g/mol. The van der Waals surface area contributed by atoms with E-state index in [1.165, 1.54) is 18.2 Å². The van der Waals surface area contributed by atoms with Crippen LogP contribution in [0.25, 0.3) is 11.1 Å². The van der Waals surface area contributed by atoms with Crippen molar-refractivity contribution < 1.29 is 37.0 Å². The topological polar surface area (TPSA) is 66.8 Å². The molecule has 10 heteroatoms. The SMILES string of the molecule is O=C(O)c1ccc(Cl)c(-c2ccc3c(c2)CN(C(=O)c2ccc(C(F)(F)F)cc2F)CO3)c1. The highest BCUT2D eigenvalue weighted by atomic mass is 35.5. The molecule has 0 spiro atoms. The van der Waals surface area contributed by atoms with Gasteiger partial charge in [0.05, 0.1) is 23.2 Å². The van der Waals surface area contributed by atoms with Crippen molar-refractivity contribution in [1.82, 2.24) is 4.90 Å². The van der Waals surface area contributed by atoms with Crippen molar-refractivity contribution in [3.05, 3.63) is 87.7 Å². The molecule has 0 bridgehead atoms. The minimum absolute atomic E-state index is 0.00128. The maximum absolute atomic E-state index is 14.3. The van der Waals surface area contributed by atoms with Crippen LogP contribution in [0.2, 0.25) is 5.02 Å². The molecule has 4 rings (SSSR count). The molecule has 33 heavy (non-hydrogen) atoms. The fourth-order valence-electron chi connectivity index (χ4n) is 3.46. The Labute approximate surface area is 189 Å². The molecule has 0 radical (unpaired) electrons. The summed E-state index contributed by atoms with van der Waals surface area (Å²) >= 11 is 6.23. The lowest BCUT2D eigenvalue weighted by molar-refractivity contribution is -0.137. The lowest BCUT2D eigenvalue weighted by Crippen LogP contribution is -2.37. The first kappa shape index (κ1) is 22.6. The molecule has 0 aromatic heterocycles. The van der Waals surface area contributed by atoms with Crippen LogP contribution in [0.4, 0.5) is 17.6 Å². The second-order valence-electron chi connectivity index (χ2n) is 7.29. The van der Waals surface area contributed by atoms with Crippen LogP contribution in [-0.2, 0) is 12.7 Å². The van der Waals surface area contributed by atoms with Crippen molar-refractivity contribution in [2.75, 3.05) is 6.73 Å². The van der Waals surface area contributed by atoms with Gasteiger partial charge in [-0.3, -0.25) is 4.79 Å². The zero-order valence-electron chi connectivity index (χ0n) is 16.6. The van der Waals surface area contributed by atoms with Gasteiger partial charge in [-0.15, -0.1) is 0 Å². The normalized spacial score (nSPS) is 13.3. The van der Waals surface area contributed by atoms with Gasteiger partial charge < -0.3 is 14.7 Å². The van der Waals surface area contributed by atoms with Crippen molar-refractivity contribution >= 4 is 23.5 Å². The van der Waals surface area contributed by atoms with Crippen molar-refractivity contribution in [1.29, 1.82) is 0 Å². The molecule has 0 saturated heterocycles. The van der Waals surface area contributed by atoms with Crippen LogP contribution in [0.3, 0.4) is 0 Å². The number of hydrogen-bond donors (Lipinski definition) is 1. The van der Waals surface area contributed by atoms with Gasteiger partial charge in [-0.2, -0.15) is 13.2 Å². The molecule has 0 atom stereocenters. The standard InChI is InChI=1S/C23H14ClF4NO4/c24-18-5-1-13(22(31)32)8-17(18)12-2-6-20-14(7-12)10-29(11-33-20)21(30)16-4-3-15(9-19(16)25)23(26,27)28/h1-9H,10-11H2,(H,31,32). The van der Waals surface area contributed by atoms with Gasteiger partial charge in [0.2, 0.25) is 0 Å². The van der Waals surface area contributed by atoms with Crippen LogP contribution in [0.1, 0.15) is 31.8 Å². The number of carbonyl (C=O) groups excluding carboxylic acids is 1. The molecule has 0 fully saturated rings. The first-order valence-corrected chi connectivity index (χ1v) is 9.87. The molecule has 0 aliphatic carbocycles. The van der Waals surface area contributed by atoms with Crippen LogP contribution in [0.15, 0.2) is 54.6 Å². The van der Waals surface area contributed by atoms with E-state index in [2.05, 4.69) is 0 Å². The van der Waals surface area contributed by atoms with E-state index in [-0.39, 0.29) is 24.9 Å². The van der Waals surface area contributed by atoms with Crippen LogP contribution < -0.4 is 4.74 Å². The highest BCUT2D eigenvalue weighted by molar-refractivity contribution is 6.33. The molecule has 1 heterocycles. The van der Waals surface area contributed by atoms with E-state index < -0.39 is 35.0 Å². The first-order valence-electron chi connectivity index (χ1n) is 9.49. The summed E-state index contributed by atoms with van der Waals surface area (Å²) in [4.78, 5) is 25.2. The zero-order chi connectivity index (χ0) is 23.9. The fraction of sp³-hybridized carbons (Fsp3) is 0.130. The number of alkyl halides is 3. The molecule has 0 saturated carbocycles. The van der Waals surface area contributed by atoms with Crippen LogP contribution in [0, 0.1) is 5.82 Å². The molecule has 3 aromatic rings. The Morgan fingerprint density at radius 2 is 1.79 bits per heavy atom. The molecule has 1 aliphatic rings. The Balaban J connectivity index is 1.62. The molecule has 0 unspecified atom stereocenters. The smallest absolute Gasteiger partial charge is 0.416 e. The van der Waals surface area contributed by atoms with E-state index in [4.69, 9.17) is 16.3 Å². The summed E-state index contributed by atoms with van der Waals surface area (Å²) in [5.74, 6) is -2.78. The van der Waals surface area contributed by atoms with Gasteiger partial charge in [-0.1, -0.05) is 17.7 Å². The van der Waals surface area contributed by atoms with E-state index >= 15 is 0 Å². The second kappa shape index (κ2) is 8.40. The molecule has 3 aromatic carbocycles. The number of rotatable bonds is 3.